The molecule has 1 heterocycles. The third-order valence-electron chi connectivity index (χ3n) is 2.22. The van der Waals surface area contributed by atoms with E-state index in [9.17, 15) is 14.4 Å². The Bertz CT molecular complexity index is 687. The van der Waals surface area contributed by atoms with E-state index in [0.29, 0.717) is 0 Å². The standard InChI is InChI=1S/C11H7NO4/c13-8-4-2-1-3-6-9(8)12-5-7(10(6)14)11(15)16/h1-5H,(H,12,14)(H,15,16). The molecule has 5 nitrogen and oxygen atoms in total. The van der Waals surface area contributed by atoms with E-state index in [1.807, 2.05) is 0 Å². The van der Waals surface area contributed by atoms with Crippen molar-refractivity contribution in [2.75, 3.05) is 0 Å². The lowest BCUT2D eigenvalue weighted by Crippen LogP contribution is -2.16. The second-order valence-electron chi connectivity index (χ2n) is 3.21. The highest BCUT2D eigenvalue weighted by molar-refractivity contribution is 5.91. The second-order valence-corrected chi connectivity index (χ2v) is 3.21. The fourth-order valence-corrected chi connectivity index (χ4v) is 1.45. The first-order chi connectivity index (χ1) is 7.61. The van der Waals surface area contributed by atoms with Crippen LogP contribution in [0.5, 0.6) is 0 Å². The number of rotatable bonds is 1. The summed E-state index contributed by atoms with van der Waals surface area (Å²) in [6.07, 6.45) is 1.04. The van der Waals surface area contributed by atoms with Gasteiger partial charge in [-0.3, -0.25) is 9.59 Å². The topological polar surface area (TPSA) is 87.2 Å². The third-order valence-corrected chi connectivity index (χ3v) is 2.22. The van der Waals surface area contributed by atoms with E-state index in [0.717, 1.165) is 6.20 Å². The van der Waals surface area contributed by atoms with Crippen LogP contribution in [0.15, 0.2) is 40.1 Å². The van der Waals surface area contributed by atoms with Crippen molar-refractivity contribution < 1.29 is 9.90 Å². The molecule has 16 heavy (non-hydrogen) atoms. The zero-order chi connectivity index (χ0) is 11.7. The highest BCUT2D eigenvalue weighted by Crippen LogP contribution is 2.01. The first kappa shape index (κ1) is 10.1. The van der Waals surface area contributed by atoms with Crippen molar-refractivity contribution in [3.8, 4) is 0 Å². The maximum absolute atomic E-state index is 11.7. The average Bonchev–Trinajstić information content (AvgIpc) is 2.42. The van der Waals surface area contributed by atoms with Crippen LogP contribution < -0.4 is 10.9 Å². The van der Waals surface area contributed by atoms with E-state index >= 15 is 0 Å². The Morgan fingerprint density at radius 2 is 1.88 bits per heavy atom. The van der Waals surface area contributed by atoms with Crippen molar-refractivity contribution in [1.29, 1.82) is 0 Å². The van der Waals surface area contributed by atoms with Gasteiger partial charge in [0.05, 0.1) is 10.9 Å². The molecule has 0 aliphatic heterocycles. The van der Waals surface area contributed by atoms with Gasteiger partial charge in [0.1, 0.15) is 5.56 Å². The highest BCUT2D eigenvalue weighted by atomic mass is 16.4. The zero-order valence-corrected chi connectivity index (χ0v) is 8.06. The summed E-state index contributed by atoms with van der Waals surface area (Å²) in [6.45, 7) is 0. The van der Waals surface area contributed by atoms with Gasteiger partial charge in [0, 0.05) is 6.20 Å². The van der Waals surface area contributed by atoms with Gasteiger partial charge >= 0.3 is 5.97 Å². The zero-order valence-electron chi connectivity index (χ0n) is 8.06. The normalized spacial score (nSPS) is 10.2. The van der Waals surface area contributed by atoms with Crippen LogP contribution in [0.4, 0.5) is 0 Å². The number of H-pyrrole nitrogens is 1. The molecule has 0 aliphatic rings. The number of carbonyl (C=O) groups is 1. The number of pyridine rings is 1. The third kappa shape index (κ3) is 1.48. The Kier molecular flexibility index (Phi) is 2.28. The molecule has 0 fully saturated rings. The molecule has 0 amide bonds. The number of fused-ring (bicyclic) bond motifs is 1. The lowest BCUT2D eigenvalue weighted by Gasteiger charge is -1.95. The molecule has 5 heteroatoms. The summed E-state index contributed by atoms with van der Waals surface area (Å²) in [5.74, 6) is -1.32. The maximum Gasteiger partial charge on any atom is 0.341 e. The molecule has 2 N–H and O–H groups in total. The molecule has 2 aromatic rings. The number of aromatic nitrogens is 1. The van der Waals surface area contributed by atoms with Crippen molar-refractivity contribution in [2.45, 2.75) is 0 Å². The average molecular weight is 217 g/mol. The van der Waals surface area contributed by atoms with Crippen molar-refractivity contribution >= 4 is 16.9 Å². The number of hydrogen-bond donors (Lipinski definition) is 2. The molecule has 1 aromatic carbocycles. The molecule has 0 spiro atoms. The van der Waals surface area contributed by atoms with E-state index < -0.39 is 11.4 Å². The van der Waals surface area contributed by atoms with Gasteiger partial charge in [-0.1, -0.05) is 12.1 Å². The van der Waals surface area contributed by atoms with E-state index in [1.165, 1.54) is 24.3 Å². The Labute approximate surface area is 89.0 Å². The fourth-order valence-electron chi connectivity index (χ4n) is 1.45. The smallest absolute Gasteiger partial charge is 0.341 e. The van der Waals surface area contributed by atoms with Crippen molar-refractivity contribution in [1.82, 2.24) is 4.98 Å². The summed E-state index contributed by atoms with van der Waals surface area (Å²) in [4.78, 5) is 36.5. The Hall–Kier alpha value is -2.43. The van der Waals surface area contributed by atoms with Crippen LogP contribution in [0.3, 0.4) is 0 Å². The summed E-state index contributed by atoms with van der Waals surface area (Å²) in [6, 6.07) is 5.74. The molecule has 0 saturated heterocycles. The van der Waals surface area contributed by atoms with Crippen LogP contribution in [-0.4, -0.2) is 16.1 Å². The first-order valence-corrected chi connectivity index (χ1v) is 4.49. The highest BCUT2D eigenvalue weighted by Gasteiger charge is 2.11. The molecule has 0 bridgehead atoms. The van der Waals surface area contributed by atoms with Gasteiger partial charge in [0.15, 0.2) is 0 Å². The number of nitrogens with one attached hydrogen (secondary N) is 1. The molecule has 0 unspecified atom stereocenters. The molecule has 2 rings (SSSR count). The SMILES string of the molecule is O=C(O)c1c[nH]c2c(=O)ccccc2c1=O. The number of carboxylic acid groups (broad SMARTS) is 1. The summed E-state index contributed by atoms with van der Waals surface area (Å²) in [5.41, 5.74) is -1.28. The maximum atomic E-state index is 11.7. The van der Waals surface area contributed by atoms with Crippen LogP contribution in [0.1, 0.15) is 10.4 Å². The summed E-state index contributed by atoms with van der Waals surface area (Å²) in [7, 11) is 0. The van der Waals surface area contributed by atoms with Crippen LogP contribution in [0.25, 0.3) is 10.9 Å². The monoisotopic (exact) mass is 217 g/mol. The molecule has 0 radical (unpaired) electrons. The van der Waals surface area contributed by atoms with E-state index in [-0.39, 0.29) is 21.9 Å². The van der Waals surface area contributed by atoms with Gasteiger partial charge in [-0.15, -0.1) is 0 Å². The number of aromatic carboxylic acids is 1. The van der Waals surface area contributed by atoms with Gasteiger partial charge in [0.25, 0.3) is 0 Å². The molecular formula is C11H7NO4. The van der Waals surface area contributed by atoms with Crippen LogP contribution in [0.2, 0.25) is 0 Å². The molecule has 80 valence electrons. The predicted molar refractivity (Wildman–Crippen MR) is 57.8 cm³/mol. The van der Waals surface area contributed by atoms with Gasteiger partial charge in [-0.05, 0) is 12.1 Å². The minimum absolute atomic E-state index is 0.0786. The Balaban J connectivity index is 3.04. The lowest BCUT2D eigenvalue weighted by atomic mass is 10.2. The summed E-state index contributed by atoms with van der Waals surface area (Å²) < 4.78 is 0. The van der Waals surface area contributed by atoms with Crippen LogP contribution in [0, 0.1) is 0 Å². The van der Waals surface area contributed by atoms with Gasteiger partial charge < -0.3 is 10.1 Å². The van der Waals surface area contributed by atoms with E-state index in [1.54, 1.807) is 0 Å². The number of hydrogen-bond acceptors (Lipinski definition) is 3. The minimum atomic E-state index is -1.32. The Morgan fingerprint density at radius 3 is 2.56 bits per heavy atom. The summed E-state index contributed by atoms with van der Waals surface area (Å²) in [5, 5.41) is 8.84. The quantitative estimate of drug-likeness (QED) is 0.731. The largest absolute Gasteiger partial charge is 0.477 e. The number of aromatic amines is 1. The molecule has 0 saturated carbocycles. The molecular weight excluding hydrogens is 210 g/mol. The lowest BCUT2D eigenvalue weighted by molar-refractivity contribution is 0.0695. The molecule has 1 aromatic heterocycles. The number of carboxylic acids is 1. The second kappa shape index (κ2) is 3.62. The van der Waals surface area contributed by atoms with Crippen molar-refractivity contribution in [3.63, 3.8) is 0 Å². The van der Waals surface area contributed by atoms with Crippen molar-refractivity contribution in [3.05, 3.63) is 56.5 Å². The van der Waals surface area contributed by atoms with Crippen molar-refractivity contribution in [2.24, 2.45) is 0 Å². The predicted octanol–water partition coefficient (Wildman–Crippen LogP) is 0.586. The van der Waals surface area contributed by atoms with Gasteiger partial charge in [-0.25, -0.2) is 4.79 Å². The fraction of sp³-hybridized carbons (Fsp3) is 0. The van der Waals surface area contributed by atoms with Gasteiger partial charge in [0.2, 0.25) is 10.9 Å². The molecule has 0 atom stereocenters. The van der Waals surface area contributed by atoms with Gasteiger partial charge in [-0.2, -0.15) is 0 Å². The van der Waals surface area contributed by atoms with Crippen LogP contribution in [-0.2, 0) is 0 Å². The first-order valence-electron chi connectivity index (χ1n) is 4.49. The molecule has 0 aliphatic carbocycles. The Morgan fingerprint density at radius 1 is 1.19 bits per heavy atom. The minimum Gasteiger partial charge on any atom is -0.477 e. The summed E-state index contributed by atoms with van der Waals surface area (Å²) >= 11 is 0. The van der Waals surface area contributed by atoms with Crippen LogP contribution >= 0.6 is 0 Å². The van der Waals surface area contributed by atoms with E-state index in [2.05, 4.69) is 4.98 Å². The van der Waals surface area contributed by atoms with E-state index in [4.69, 9.17) is 5.11 Å².